The highest BCUT2D eigenvalue weighted by Gasteiger charge is 2.12. The van der Waals surface area contributed by atoms with Crippen LogP contribution in [0.15, 0.2) is 5.38 Å². The van der Waals surface area contributed by atoms with Crippen LogP contribution in [0.4, 0.5) is 0 Å². The molecule has 1 aromatic heterocycles. The van der Waals surface area contributed by atoms with Crippen molar-refractivity contribution < 1.29 is 4.79 Å². The third-order valence-electron chi connectivity index (χ3n) is 2.29. The van der Waals surface area contributed by atoms with Gasteiger partial charge in [0.2, 0.25) is 5.91 Å². The van der Waals surface area contributed by atoms with Crippen LogP contribution in [0.2, 0.25) is 0 Å². The van der Waals surface area contributed by atoms with Gasteiger partial charge in [-0.05, 0) is 13.3 Å². The Labute approximate surface area is 100 Å². The van der Waals surface area contributed by atoms with Crippen LogP contribution in [-0.2, 0) is 11.3 Å². The molecule has 1 aromatic rings. The van der Waals surface area contributed by atoms with Gasteiger partial charge in [0.25, 0.3) is 0 Å². The molecule has 1 unspecified atom stereocenters. The molecule has 90 valence electrons. The van der Waals surface area contributed by atoms with E-state index in [9.17, 15) is 4.79 Å². The highest BCUT2D eigenvalue weighted by molar-refractivity contribution is 7.09. The van der Waals surface area contributed by atoms with Crippen molar-refractivity contribution in [1.82, 2.24) is 10.3 Å². The molecule has 1 heterocycles. The molecule has 0 aliphatic rings. The van der Waals surface area contributed by atoms with Crippen molar-refractivity contribution in [2.75, 3.05) is 0 Å². The molecule has 0 saturated heterocycles. The molecule has 3 N–H and O–H groups in total. The Hall–Kier alpha value is -0.940. The Morgan fingerprint density at radius 3 is 3.00 bits per heavy atom. The summed E-state index contributed by atoms with van der Waals surface area (Å²) in [5, 5.41) is 5.70. The van der Waals surface area contributed by atoms with Crippen LogP contribution in [0.1, 0.15) is 36.9 Å². The summed E-state index contributed by atoms with van der Waals surface area (Å²) < 4.78 is 0. The molecule has 0 aliphatic heterocycles. The Balaban J connectivity index is 2.29. The zero-order chi connectivity index (χ0) is 12.0. The lowest BCUT2D eigenvalue weighted by atomic mass is 10.1. The molecule has 16 heavy (non-hydrogen) atoms. The first-order valence-corrected chi connectivity index (χ1v) is 6.45. The number of unbranched alkanes of at least 4 members (excludes halogenated alkanes) is 1. The number of nitrogens with zero attached hydrogens (tertiary/aromatic N) is 1. The summed E-state index contributed by atoms with van der Waals surface area (Å²) in [6, 6.07) is -0.388. The maximum atomic E-state index is 11.6. The molecule has 0 aromatic carbocycles. The third-order valence-corrected chi connectivity index (χ3v) is 3.25. The molecule has 0 aliphatic carbocycles. The van der Waals surface area contributed by atoms with Crippen molar-refractivity contribution in [1.29, 1.82) is 0 Å². The molecule has 0 bridgehead atoms. The zero-order valence-corrected chi connectivity index (χ0v) is 10.6. The van der Waals surface area contributed by atoms with Crippen LogP contribution in [-0.4, -0.2) is 16.9 Å². The largest absolute Gasteiger partial charge is 0.348 e. The fraction of sp³-hybridized carbons (Fsp3) is 0.636. The van der Waals surface area contributed by atoms with E-state index in [1.54, 1.807) is 11.3 Å². The number of amides is 1. The normalized spacial score (nSPS) is 12.4. The maximum Gasteiger partial charge on any atom is 0.237 e. The lowest BCUT2D eigenvalue weighted by Gasteiger charge is -2.10. The van der Waals surface area contributed by atoms with Crippen molar-refractivity contribution >= 4 is 17.2 Å². The minimum Gasteiger partial charge on any atom is -0.348 e. The van der Waals surface area contributed by atoms with Gasteiger partial charge in [-0.2, -0.15) is 0 Å². The molecule has 1 atom stereocenters. The molecule has 0 saturated carbocycles. The van der Waals surface area contributed by atoms with Gasteiger partial charge < -0.3 is 11.1 Å². The number of hydrogen-bond acceptors (Lipinski definition) is 4. The lowest BCUT2D eigenvalue weighted by molar-refractivity contribution is -0.122. The molecule has 1 amide bonds. The van der Waals surface area contributed by atoms with Gasteiger partial charge in [-0.25, -0.2) is 4.98 Å². The minimum atomic E-state index is -0.388. The predicted octanol–water partition coefficient (Wildman–Crippen LogP) is 1.59. The summed E-state index contributed by atoms with van der Waals surface area (Å²) in [4.78, 5) is 15.8. The Morgan fingerprint density at radius 1 is 1.69 bits per heavy atom. The van der Waals surface area contributed by atoms with Gasteiger partial charge in [-0.3, -0.25) is 4.79 Å². The zero-order valence-electron chi connectivity index (χ0n) is 9.82. The fourth-order valence-corrected chi connectivity index (χ4v) is 2.04. The van der Waals surface area contributed by atoms with Gasteiger partial charge in [0.1, 0.15) is 5.01 Å². The van der Waals surface area contributed by atoms with Crippen molar-refractivity contribution in [2.24, 2.45) is 5.73 Å². The number of hydrogen-bond donors (Lipinski definition) is 2. The van der Waals surface area contributed by atoms with Crippen molar-refractivity contribution in [2.45, 2.75) is 45.7 Å². The number of nitrogens with one attached hydrogen (secondary N) is 1. The van der Waals surface area contributed by atoms with E-state index in [0.29, 0.717) is 6.54 Å². The Bertz CT molecular complexity index is 338. The molecule has 0 radical (unpaired) electrons. The lowest BCUT2D eigenvalue weighted by Crippen LogP contribution is -2.40. The van der Waals surface area contributed by atoms with Crippen molar-refractivity contribution in [3.8, 4) is 0 Å². The van der Waals surface area contributed by atoms with Gasteiger partial charge >= 0.3 is 0 Å². The van der Waals surface area contributed by atoms with E-state index >= 15 is 0 Å². The van der Waals surface area contributed by atoms with Crippen molar-refractivity contribution in [3.05, 3.63) is 16.1 Å². The number of thiazole rings is 1. The van der Waals surface area contributed by atoms with Gasteiger partial charge in [0.05, 0.1) is 12.6 Å². The molecule has 1 rings (SSSR count). The Kier molecular flexibility index (Phi) is 5.42. The first kappa shape index (κ1) is 13.1. The molecule has 5 heteroatoms. The Morgan fingerprint density at radius 2 is 2.44 bits per heavy atom. The fourth-order valence-electron chi connectivity index (χ4n) is 1.33. The van der Waals surface area contributed by atoms with E-state index in [1.807, 2.05) is 12.3 Å². The smallest absolute Gasteiger partial charge is 0.237 e. The highest BCUT2D eigenvalue weighted by Crippen LogP contribution is 2.08. The molecule has 0 fully saturated rings. The number of rotatable bonds is 6. The monoisotopic (exact) mass is 241 g/mol. The summed E-state index contributed by atoms with van der Waals surface area (Å²) >= 11 is 1.55. The molecular weight excluding hydrogens is 222 g/mol. The number of nitrogens with two attached hydrogens (primary N) is 1. The van der Waals surface area contributed by atoms with Crippen LogP contribution < -0.4 is 11.1 Å². The molecular formula is C11H19N3OS. The average molecular weight is 241 g/mol. The van der Waals surface area contributed by atoms with Crippen LogP contribution in [0.3, 0.4) is 0 Å². The van der Waals surface area contributed by atoms with E-state index < -0.39 is 0 Å². The van der Waals surface area contributed by atoms with Gasteiger partial charge in [-0.15, -0.1) is 11.3 Å². The van der Waals surface area contributed by atoms with Crippen LogP contribution in [0.25, 0.3) is 0 Å². The van der Waals surface area contributed by atoms with Crippen LogP contribution in [0.5, 0.6) is 0 Å². The topological polar surface area (TPSA) is 68.0 Å². The van der Waals surface area contributed by atoms with E-state index in [4.69, 9.17) is 5.73 Å². The van der Waals surface area contributed by atoms with Gasteiger partial charge in [-0.1, -0.05) is 19.8 Å². The summed E-state index contributed by atoms with van der Waals surface area (Å²) in [6.07, 6.45) is 2.80. The quantitative estimate of drug-likeness (QED) is 0.794. The maximum absolute atomic E-state index is 11.6. The van der Waals surface area contributed by atoms with Crippen LogP contribution >= 0.6 is 11.3 Å². The third kappa shape index (κ3) is 4.28. The SMILES string of the molecule is CCCCC(N)C(=O)NCc1nc(C)cs1. The average Bonchev–Trinajstić information content (AvgIpc) is 2.68. The van der Waals surface area contributed by atoms with Gasteiger partial charge in [0, 0.05) is 11.1 Å². The first-order valence-electron chi connectivity index (χ1n) is 5.57. The van der Waals surface area contributed by atoms with E-state index in [2.05, 4.69) is 17.2 Å². The summed E-state index contributed by atoms with van der Waals surface area (Å²) in [6.45, 7) is 4.51. The number of aryl methyl sites for hydroxylation is 1. The predicted molar refractivity (Wildman–Crippen MR) is 66.2 cm³/mol. The second-order valence-electron chi connectivity index (χ2n) is 3.85. The highest BCUT2D eigenvalue weighted by atomic mass is 32.1. The molecule has 0 spiro atoms. The molecule has 4 nitrogen and oxygen atoms in total. The second-order valence-corrected chi connectivity index (χ2v) is 4.79. The van der Waals surface area contributed by atoms with Gasteiger partial charge in [0.15, 0.2) is 0 Å². The summed E-state index contributed by atoms with van der Waals surface area (Å²) in [5.41, 5.74) is 6.73. The van der Waals surface area contributed by atoms with Crippen molar-refractivity contribution in [3.63, 3.8) is 0 Å². The first-order chi connectivity index (χ1) is 7.63. The second kappa shape index (κ2) is 6.60. The number of aromatic nitrogens is 1. The van der Waals surface area contributed by atoms with E-state index in [0.717, 1.165) is 30.0 Å². The number of carbonyl (C=O) groups excluding carboxylic acids is 1. The van der Waals surface area contributed by atoms with Crippen LogP contribution in [0, 0.1) is 6.92 Å². The minimum absolute atomic E-state index is 0.0821. The standard InChI is InChI=1S/C11H19N3OS/c1-3-4-5-9(12)11(15)13-6-10-14-8(2)7-16-10/h7,9H,3-6,12H2,1-2H3,(H,13,15). The number of carbonyl (C=O) groups is 1. The van der Waals surface area contributed by atoms with E-state index in [-0.39, 0.29) is 11.9 Å². The summed E-state index contributed by atoms with van der Waals surface area (Å²) in [7, 11) is 0. The van der Waals surface area contributed by atoms with E-state index in [1.165, 1.54) is 0 Å². The summed E-state index contributed by atoms with van der Waals surface area (Å²) in [5.74, 6) is -0.0821.